The summed E-state index contributed by atoms with van der Waals surface area (Å²) in [5, 5.41) is 20.5. The average Bonchev–Trinajstić information content (AvgIpc) is 2.69. The molecule has 0 heterocycles. The van der Waals surface area contributed by atoms with Crippen LogP contribution in [0.25, 0.3) is 0 Å². The normalized spacial score (nSPS) is 11.1. The third-order valence-corrected chi connectivity index (χ3v) is 3.84. The number of rotatable bonds is 8. The Balaban J connectivity index is 1.88. The Kier molecular flexibility index (Phi) is 7.08. The number of nitrogens with one attached hydrogen (secondary N) is 1. The smallest absolute Gasteiger partial charge is 0.408 e. The summed E-state index contributed by atoms with van der Waals surface area (Å²) in [6.45, 7) is -0.162. The van der Waals surface area contributed by atoms with Gasteiger partial charge in [-0.1, -0.05) is 48.5 Å². The van der Waals surface area contributed by atoms with E-state index in [-0.39, 0.29) is 25.2 Å². The molecule has 0 spiro atoms. The van der Waals surface area contributed by atoms with Gasteiger partial charge in [-0.3, -0.25) is 4.79 Å². The zero-order valence-electron chi connectivity index (χ0n) is 14.4. The van der Waals surface area contributed by atoms with E-state index in [1.807, 2.05) is 6.07 Å². The molecule has 7 nitrogen and oxygen atoms in total. The van der Waals surface area contributed by atoms with Crippen LogP contribution in [0.1, 0.15) is 34.3 Å². The number of carboxylic acids is 1. The van der Waals surface area contributed by atoms with Gasteiger partial charge in [-0.15, -0.1) is 0 Å². The van der Waals surface area contributed by atoms with Gasteiger partial charge < -0.3 is 15.2 Å². The highest BCUT2D eigenvalue weighted by molar-refractivity contribution is 5.96. The molecule has 27 heavy (non-hydrogen) atoms. The Hall–Kier alpha value is -3.66. The summed E-state index contributed by atoms with van der Waals surface area (Å²) in [4.78, 5) is 35.3. The number of Topliss-reactive ketones (excluding diaryl/α,β-unsaturated/α-hetero) is 1. The Morgan fingerprint density at radius 2 is 1.74 bits per heavy atom. The topological polar surface area (TPSA) is 116 Å². The van der Waals surface area contributed by atoms with Gasteiger partial charge >= 0.3 is 12.1 Å². The molecule has 0 aliphatic rings. The van der Waals surface area contributed by atoms with E-state index in [9.17, 15) is 19.5 Å². The number of hydrogen-bond acceptors (Lipinski definition) is 5. The number of carbonyl (C=O) groups is 3. The minimum absolute atomic E-state index is 0.0292. The lowest BCUT2D eigenvalue weighted by Gasteiger charge is -2.14. The molecule has 0 saturated heterocycles. The lowest BCUT2D eigenvalue weighted by molar-refractivity contribution is -0.139. The SMILES string of the molecule is N#Cc1ccccc1COC(=O)NC(CCC(=O)c1ccccc1)C(=O)O. The maximum atomic E-state index is 12.1. The van der Waals surface area contributed by atoms with E-state index in [4.69, 9.17) is 10.00 Å². The van der Waals surface area contributed by atoms with E-state index in [1.54, 1.807) is 54.6 Å². The molecule has 1 amide bonds. The number of nitrogens with zero attached hydrogens (tertiary/aromatic N) is 1. The van der Waals surface area contributed by atoms with Crippen molar-refractivity contribution in [3.8, 4) is 6.07 Å². The summed E-state index contributed by atoms with van der Waals surface area (Å²) in [5.74, 6) is -1.47. The van der Waals surface area contributed by atoms with Crippen molar-refractivity contribution in [1.29, 1.82) is 5.26 Å². The van der Waals surface area contributed by atoms with Crippen LogP contribution < -0.4 is 5.32 Å². The van der Waals surface area contributed by atoms with Gasteiger partial charge in [0.05, 0.1) is 11.6 Å². The molecule has 1 unspecified atom stereocenters. The molecule has 0 fully saturated rings. The molecule has 0 aliphatic heterocycles. The van der Waals surface area contributed by atoms with Crippen LogP contribution >= 0.6 is 0 Å². The van der Waals surface area contributed by atoms with Crippen LogP contribution in [0.2, 0.25) is 0 Å². The molecule has 7 heteroatoms. The molecular weight excluding hydrogens is 348 g/mol. The van der Waals surface area contributed by atoms with Gasteiger partial charge in [-0.2, -0.15) is 5.26 Å². The van der Waals surface area contributed by atoms with E-state index in [1.165, 1.54) is 0 Å². The first-order valence-corrected chi connectivity index (χ1v) is 8.23. The number of aliphatic carboxylic acids is 1. The number of carboxylic acid groups (broad SMARTS) is 1. The van der Waals surface area contributed by atoms with E-state index in [2.05, 4.69) is 5.32 Å². The van der Waals surface area contributed by atoms with Gasteiger partial charge in [0.2, 0.25) is 0 Å². The van der Waals surface area contributed by atoms with Crippen LogP contribution in [0, 0.1) is 11.3 Å². The fourth-order valence-electron chi connectivity index (χ4n) is 2.38. The summed E-state index contributed by atoms with van der Waals surface area (Å²) in [6.07, 6.45) is -1.02. The van der Waals surface area contributed by atoms with Crippen LogP contribution in [0.4, 0.5) is 4.79 Å². The highest BCUT2D eigenvalue weighted by Gasteiger charge is 2.22. The zero-order chi connectivity index (χ0) is 19.6. The highest BCUT2D eigenvalue weighted by atomic mass is 16.5. The van der Waals surface area contributed by atoms with Gasteiger partial charge in [-0.25, -0.2) is 9.59 Å². The highest BCUT2D eigenvalue weighted by Crippen LogP contribution is 2.10. The number of carbonyl (C=O) groups excluding carboxylic acids is 2. The number of ketones is 1. The van der Waals surface area contributed by atoms with Crippen molar-refractivity contribution in [1.82, 2.24) is 5.32 Å². The van der Waals surface area contributed by atoms with Gasteiger partial charge in [-0.05, 0) is 12.5 Å². The first-order valence-electron chi connectivity index (χ1n) is 8.23. The molecule has 0 saturated carbocycles. The van der Waals surface area contributed by atoms with E-state index < -0.39 is 18.1 Å². The van der Waals surface area contributed by atoms with E-state index in [0.29, 0.717) is 16.7 Å². The summed E-state index contributed by atoms with van der Waals surface area (Å²) in [7, 11) is 0. The van der Waals surface area contributed by atoms with Crippen LogP contribution in [0.5, 0.6) is 0 Å². The second-order valence-electron chi connectivity index (χ2n) is 5.71. The predicted molar refractivity (Wildman–Crippen MR) is 95.9 cm³/mol. The minimum atomic E-state index is -1.26. The van der Waals surface area contributed by atoms with Gasteiger partial charge in [0.15, 0.2) is 5.78 Å². The van der Waals surface area contributed by atoms with E-state index in [0.717, 1.165) is 0 Å². The van der Waals surface area contributed by atoms with Crippen molar-refractivity contribution in [2.75, 3.05) is 0 Å². The maximum Gasteiger partial charge on any atom is 0.408 e. The first kappa shape index (κ1) is 19.7. The zero-order valence-corrected chi connectivity index (χ0v) is 14.4. The lowest BCUT2D eigenvalue weighted by Crippen LogP contribution is -2.41. The molecule has 1 atom stereocenters. The number of benzene rings is 2. The summed E-state index contributed by atoms with van der Waals surface area (Å²) >= 11 is 0. The molecule has 0 radical (unpaired) electrons. The Bertz CT molecular complexity index is 858. The fourth-order valence-corrected chi connectivity index (χ4v) is 2.38. The van der Waals surface area contributed by atoms with Crippen LogP contribution in [0.15, 0.2) is 54.6 Å². The first-order chi connectivity index (χ1) is 13.0. The summed E-state index contributed by atoms with van der Waals surface area (Å²) in [5.41, 5.74) is 1.37. The quantitative estimate of drug-likeness (QED) is 0.694. The van der Waals surface area contributed by atoms with Gasteiger partial charge in [0, 0.05) is 17.5 Å². The number of alkyl carbamates (subject to hydrolysis) is 1. The van der Waals surface area contributed by atoms with Crippen molar-refractivity contribution in [3.05, 3.63) is 71.3 Å². The standard InChI is InChI=1S/C20H18N2O5/c21-12-15-8-4-5-9-16(15)13-27-20(26)22-17(19(24)25)10-11-18(23)14-6-2-1-3-7-14/h1-9,17H,10-11,13H2,(H,22,26)(H,24,25). The molecule has 2 N–H and O–H groups in total. The molecule has 2 aromatic carbocycles. The minimum Gasteiger partial charge on any atom is -0.480 e. The fraction of sp³-hybridized carbons (Fsp3) is 0.200. The van der Waals surface area contributed by atoms with Crippen molar-refractivity contribution in [3.63, 3.8) is 0 Å². The second kappa shape index (κ2) is 9.73. The molecule has 0 bridgehead atoms. The Morgan fingerprint density at radius 3 is 2.41 bits per heavy atom. The van der Waals surface area contributed by atoms with Crippen molar-refractivity contribution in [2.24, 2.45) is 0 Å². The third-order valence-electron chi connectivity index (χ3n) is 3.84. The lowest BCUT2D eigenvalue weighted by atomic mass is 10.0. The Morgan fingerprint density at radius 1 is 1.07 bits per heavy atom. The van der Waals surface area contributed by atoms with Crippen LogP contribution in [0.3, 0.4) is 0 Å². The number of amides is 1. The largest absolute Gasteiger partial charge is 0.480 e. The maximum absolute atomic E-state index is 12.1. The Labute approximate surface area is 156 Å². The number of ether oxygens (including phenoxy) is 1. The molecular formula is C20H18N2O5. The van der Waals surface area contributed by atoms with Crippen molar-refractivity contribution in [2.45, 2.75) is 25.5 Å². The molecule has 2 rings (SSSR count). The van der Waals surface area contributed by atoms with Crippen molar-refractivity contribution >= 4 is 17.8 Å². The predicted octanol–water partition coefficient (Wildman–Crippen LogP) is 2.90. The van der Waals surface area contributed by atoms with Crippen LogP contribution in [-0.2, 0) is 16.1 Å². The van der Waals surface area contributed by atoms with Crippen LogP contribution in [-0.4, -0.2) is 29.0 Å². The van der Waals surface area contributed by atoms with Gasteiger partial charge in [0.25, 0.3) is 0 Å². The average molecular weight is 366 g/mol. The molecule has 2 aromatic rings. The third kappa shape index (κ3) is 5.97. The number of nitriles is 1. The molecule has 0 aromatic heterocycles. The number of hydrogen-bond donors (Lipinski definition) is 2. The summed E-state index contributed by atoms with van der Waals surface area (Å²) in [6, 6.07) is 15.8. The second-order valence-corrected chi connectivity index (χ2v) is 5.71. The summed E-state index contributed by atoms with van der Waals surface area (Å²) < 4.78 is 4.99. The van der Waals surface area contributed by atoms with Crippen molar-refractivity contribution < 1.29 is 24.2 Å². The monoisotopic (exact) mass is 366 g/mol. The van der Waals surface area contributed by atoms with Gasteiger partial charge in [0.1, 0.15) is 12.6 Å². The molecule has 138 valence electrons. The molecule has 0 aliphatic carbocycles. The van der Waals surface area contributed by atoms with E-state index >= 15 is 0 Å².